The average molecular weight is 1070 g/mol. The van der Waals surface area contributed by atoms with Crippen LogP contribution in [0.2, 0.25) is 0 Å². The first-order valence-electron chi connectivity index (χ1n) is 29.1. The lowest BCUT2D eigenvalue weighted by Gasteiger charge is -2.33. The summed E-state index contributed by atoms with van der Waals surface area (Å²) in [5, 5.41) is 3.96. The SMILES string of the molecule is C=C/C=C\C=C1/CC2(C(c3ccc(P(c4ccc(C5=Cc6ccccc6C56c5ccccc5-c5ccccc56)cc4)c4ccc(C5=Cc6ccccc6C56c5ccccc5-c5ccccc56)cc4)cc3)=Cc3ccccc32)c2ccccc21. The van der Waals surface area contributed by atoms with E-state index in [-0.39, 0.29) is 5.41 Å². The van der Waals surface area contributed by atoms with E-state index >= 15 is 0 Å². The largest absolute Gasteiger partial charge is 0.0991 e. The zero-order valence-electron chi connectivity index (χ0n) is 45.8. The summed E-state index contributed by atoms with van der Waals surface area (Å²) in [6.07, 6.45) is 16.6. The van der Waals surface area contributed by atoms with Crippen molar-refractivity contribution < 1.29 is 0 Å². The van der Waals surface area contributed by atoms with Gasteiger partial charge in [0.2, 0.25) is 0 Å². The van der Waals surface area contributed by atoms with Crippen molar-refractivity contribution in [2.75, 3.05) is 0 Å². The minimum atomic E-state index is -1.03. The van der Waals surface area contributed by atoms with Crippen LogP contribution in [0.3, 0.4) is 0 Å². The van der Waals surface area contributed by atoms with Crippen LogP contribution in [0, 0.1) is 0 Å². The van der Waals surface area contributed by atoms with Crippen LogP contribution in [0.15, 0.2) is 298 Å². The molecule has 1 atom stereocenters. The highest BCUT2D eigenvalue weighted by Gasteiger charge is 2.53. The Hall–Kier alpha value is -9.71. The Labute approximate surface area is 487 Å². The molecule has 0 saturated heterocycles. The molecule has 1 unspecified atom stereocenters. The van der Waals surface area contributed by atoms with Crippen molar-refractivity contribution in [1.29, 1.82) is 0 Å². The monoisotopic (exact) mass is 1070 g/mol. The number of allylic oxidation sites excluding steroid dienone is 8. The van der Waals surface area contributed by atoms with Gasteiger partial charge in [-0.2, -0.15) is 0 Å². The van der Waals surface area contributed by atoms with Gasteiger partial charge in [0, 0.05) is 0 Å². The maximum absolute atomic E-state index is 3.96. The van der Waals surface area contributed by atoms with Crippen molar-refractivity contribution in [2.45, 2.75) is 22.7 Å². The molecule has 17 rings (SSSR count). The van der Waals surface area contributed by atoms with Gasteiger partial charge >= 0.3 is 0 Å². The molecule has 0 saturated carbocycles. The van der Waals surface area contributed by atoms with Gasteiger partial charge in [0.15, 0.2) is 0 Å². The molecule has 3 spiro atoms. The van der Waals surface area contributed by atoms with Gasteiger partial charge in [-0.15, -0.1) is 0 Å². The fraction of sp³-hybridized carbons (Fsp3) is 0.0488. The fourth-order valence-corrected chi connectivity index (χ4v) is 18.3. The molecule has 0 nitrogen and oxygen atoms in total. The van der Waals surface area contributed by atoms with E-state index in [4.69, 9.17) is 0 Å². The standard InChI is InChI=1S/C82H55P/c1-2-3-4-24-60-53-80(72-33-16-8-25-64(60)72)69-30-13-5-21-57(69)50-77(80)54-38-44-61(45-39-54)83(62-46-40-55(41-47-62)78-51-58-22-6-14-31-70(58)81(78)73-34-17-9-26-65(73)66-27-10-18-35-74(66)81)63-48-42-56(43-49-63)79-52-59-23-7-15-32-71(59)82(79)75-36-19-11-28-67(75)68-29-12-20-37-76(68)82/h2-52H,1,53H2/b4-3-,60-24+. The van der Waals surface area contributed by atoms with Gasteiger partial charge in [-0.25, -0.2) is 0 Å². The van der Waals surface area contributed by atoms with Crippen LogP contribution in [0.1, 0.15) is 89.9 Å². The van der Waals surface area contributed by atoms with E-state index in [1.165, 1.54) is 144 Å². The molecule has 6 aliphatic rings. The van der Waals surface area contributed by atoms with Crippen molar-refractivity contribution in [2.24, 2.45) is 0 Å². The number of hydrogen-bond donors (Lipinski definition) is 0. The second-order valence-corrected chi connectivity index (χ2v) is 25.3. The minimum Gasteiger partial charge on any atom is -0.0991 e. The zero-order chi connectivity index (χ0) is 54.9. The van der Waals surface area contributed by atoms with Gasteiger partial charge in [0.1, 0.15) is 0 Å². The zero-order valence-corrected chi connectivity index (χ0v) is 46.7. The minimum absolute atomic E-state index is 0.308. The number of fused-ring (bicyclic) bond motifs is 18. The van der Waals surface area contributed by atoms with Gasteiger partial charge in [-0.1, -0.05) is 298 Å². The highest BCUT2D eigenvalue weighted by atomic mass is 31.1. The summed E-state index contributed by atoms with van der Waals surface area (Å²) in [6, 6.07) is 102. The summed E-state index contributed by atoms with van der Waals surface area (Å²) in [5.41, 5.74) is 29.3. The van der Waals surface area contributed by atoms with Crippen LogP contribution in [0.5, 0.6) is 0 Å². The molecule has 0 aromatic heterocycles. The van der Waals surface area contributed by atoms with Crippen LogP contribution in [-0.4, -0.2) is 0 Å². The Morgan fingerprint density at radius 1 is 0.301 bits per heavy atom. The van der Waals surface area contributed by atoms with Crippen LogP contribution in [0.25, 0.3) is 62.8 Å². The third kappa shape index (κ3) is 6.62. The molecule has 83 heavy (non-hydrogen) atoms. The molecule has 0 heterocycles. The van der Waals surface area contributed by atoms with Crippen LogP contribution in [-0.2, 0) is 16.2 Å². The van der Waals surface area contributed by atoms with E-state index in [0.29, 0.717) is 0 Å². The summed E-state index contributed by atoms with van der Waals surface area (Å²) in [5.74, 6) is 0. The van der Waals surface area contributed by atoms with Gasteiger partial charge < -0.3 is 0 Å². The Morgan fingerprint density at radius 2 is 0.627 bits per heavy atom. The summed E-state index contributed by atoms with van der Waals surface area (Å²) in [7, 11) is -1.03. The second-order valence-electron chi connectivity index (χ2n) is 23.0. The third-order valence-corrected chi connectivity index (χ3v) is 21.7. The smallest absolute Gasteiger partial charge is 0.0725 e. The summed E-state index contributed by atoms with van der Waals surface area (Å²) >= 11 is 0. The Kier molecular flexibility index (Phi) is 10.7. The molecule has 0 fully saturated rings. The molecule has 388 valence electrons. The van der Waals surface area contributed by atoms with E-state index in [1.807, 2.05) is 12.2 Å². The summed E-state index contributed by atoms with van der Waals surface area (Å²) < 4.78 is 0. The summed E-state index contributed by atoms with van der Waals surface area (Å²) in [6.45, 7) is 3.96. The quantitative estimate of drug-likeness (QED) is 0.105. The second kappa shape index (κ2) is 18.4. The van der Waals surface area contributed by atoms with Crippen LogP contribution < -0.4 is 15.9 Å². The third-order valence-electron chi connectivity index (χ3n) is 19.3. The molecule has 0 bridgehead atoms. The molecule has 11 aromatic rings. The molecule has 6 aliphatic carbocycles. The number of rotatable bonds is 8. The lowest BCUT2D eigenvalue weighted by Crippen LogP contribution is -2.27. The molecular weight excluding hydrogens is 1020 g/mol. The summed E-state index contributed by atoms with van der Waals surface area (Å²) in [4.78, 5) is 0. The molecule has 0 amide bonds. The molecule has 0 radical (unpaired) electrons. The van der Waals surface area contributed by atoms with E-state index in [9.17, 15) is 0 Å². The molecule has 11 aromatic carbocycles. The van der Waals surface area contributed by atoms with Gasteiger partial charge in [0.05, 0.1) is 16.2 Å². The fourth-order valence-electron chi connectivity index (χ4n) is 16.1. The maximum atomic E-state index is 3.96. The van der Waals surface area contributed by atoms with Crippen molar-refractivity contribution in [3.8, 4) is 22.3 Å². The predicted molar refractivity (Wildman–Crippen MR) is 351 cm³/mol. The molecular formula is C82H55P. The lowest BCUT2D eigenvalue weighted by molar-refractivity contribution is 0.724. The Balaban J connectivity index is 0.806. The normalized spacial score (nSPS) is 17.7. The highest BCUT2D eigenvalue weighted by Crippen LogP contribution is 2.65. The van der Waals surface area contributed by atoms with Crippen molar-refractivity contribution >= 4 is 64.4 Å². The van der Waals surface area contributed by atoms with E-state index < -0.39 is 18.8 Å². The van der Waals surface area contributed by atoms with Crippen LogP contribution in [0.4, 0.5) is 0 Å². The number of benzene rings is 11. The van der Waals surface area contributed by atoms with Gasteiger partial charge in [-0.05, 0) is 176 Å². The van der Waals surface area contributed by atoms with Crippen molar-refractivity contribution in [3.63, 3.8) is 0 Å². The lowest BCUT2D eigenvalue weighted by atomic mass is 9.68. The van der Waals surface area contributed by atoms with E-state index in [2.05, 4.69) is 304 Å². The topological polar surface area (TPSA) is 0 Å². The van der Waals surface area contributed by atoms with Gasteiger partial charge in [-0.3, -0.25) is 0 Å². The van der Waals surface area contributed by atoms with Crippen molar-refractivity contribution in [3.05, 3.63) is 381 Å². The van der Waals surface area contributed by atoms with Crippen LogP contribution >= 0.6 is 7.92 Å². The predicted octanol–water partition coefficient (Wildman–Crippen LogP) is 18.6. The first-order valence-corrected chi connectivity index (χ1v) is 30.5. The average Bonchev–Trinajstić information content (AvgIpc) is 1.80. The molecule has 0 N–H and O–H groups in total. The Bertz CT molecular complexity index is 4410. The maximum Gasteiger partial charge on any atom is 0.0725 e. The first-order chi connectivity index (χ1) is 41.1. The van der Waals surface area contributed by atoms with E-state index in [0.717, 1.165) is 6.42 Å². The number of hydrogen-bond acceptors (Lipinski definition) is 0. The molecule has 1 heteroatoms. The van der Waals surface area contributed by atoms with Gasteiger partial charge in [0.25, 0.3) is 0 Å². The molecule has 0 aliphatic heterocycles. The first kappa shape index (κ1) is 48.0. The highest BCUT2D eigenvalue weighted by molar-refractivity contribution is 7.79. The van der Waals surface area contributed by atoms with Crippen molar-refractivity contribution in [1.82, 2.24) is 0 Å². The van der Waals surface area contributed by atoms with E-state index in [1.54, 1.807) is 0 Å². The Morgan fingerprint density at radius 3 is 1.05 bits per heavy atom.